The van der Waals surface area contributed by atoms with E-state index in [0.717, 1.165) is 68.1 Å². The van der Waals surface area contributed by atoms with Crippen molar-refractivity contribution in [1.82, 2.24) is 5.32 Å². The van der Waals surface area contributed by atoms with Gasteiger partial charge in [-0.15, -0.1) is 0 Å². The normalized spacial score (nSPS) is 37.1. The van der Waals surface area contributed by atoms with E-state index in [-0.39, 0.29) is 12.0 Å². The lowest BCUT2D eigenvalue weighted by Crippen LogP contribution is -2.50. The van der Waals surface area contributed by atoms with Crippen molar-refractivity contribution in [2.24, 2.45) is 46.3 Å². The van der Waals surface area contributed by atoms with Crippen LogP contribution in [0.15, 0.2) is 11.6 Å². The average molecular weight is 544 g/mol. The van der Waals surface area contributed by atoms with Crippen LogP contribution in [0.3, 0.4) is 0 Å². The number of hydrogen-bond acceptors (Lipinski definition) is 4. The molecule has 0 spiro atoms. The first kappa shape index (κ1) is 30.6. The van der Waals surface area contributed by atoms with E-state index in [9.17, 15) is 14.7 Å². The largest absolute Gasteiger partial charge is 0.449 e. The van der Waals surface area contributed by atoms with E-state index in [0.29, 0.717) is 29.8 Å². The molecule has 0 bridgehead atoms. The number of alkyl carbamates (subject to hydrolysis) is 1. The molecule has 4 aliphatic rings. The van der Waals surface area contributed by atoms with Crippen molar-refractivity contribution in [3.05, 3.63) is 11.6 Å². The quantitative estimate of drug-likeness (QED) is 0.203. The summed E-state index contributed by atoms with van der Waals surface area (Å²) in [7, 11) is 0. The number of unbranched alkanes of at least 4 members (excludes halogenated alkanes) is 2. The number of rotatable bonds is 11. The van der Waals surface area contributed by atoms with Crippen LogP contribution in [0.5, 0.6) is 0 Å². The molecule has 4 rings (SSSR count). The van der Waals surface area contributed by atoms with E-state index < -0.39 is 6.09 Å². The molecule has 3 fully saturated rings. The number of allylic oxidation sites excluding steroid dienone is 1. The number of aliphatic hydroxyl groups excluding tert-OH is 1. The van der Waals surface area contributed by atoms with Crippen LogP contribution in [0.4, 0.5) is 4.79 Å². The fourth-order valence-electron chi connectivity index (χ4n) is 9.66. The summed E-state index contributed by atoms with van der Waals surface area (Å²) in [5, 5.41) is 12.7. The van der Waals surface area contributed by atoms with E-state index in [2.05, 4.69) is 46.0 Å². The molecule has 2 unspecified atom stereocenters. The van der Waals surface area contributed by atoms with Crippen molar-refractivity contribution in [2.75, 3.05) is 6.61 Å². The summed E-state index contributed by atoms with van der Waals surface area (Å²) in [4.78, 5) is 23.8. The van der Waals surface area contributed by atoms with Gasteiger partial charge in [-0.3, -0.25) is 10.1 Å². The molecule has 3 saturated carbocycles. The lowest BCUT2D eigenvalue weighted by atomic mass is 9.47. The first-order valence-electron chi connectivity index (χ1n) is 16.4. The molecular formula is C34H57NO4. The number of amides is 2. The van der Waals surface area contributed by atoms with E-state index >= 15 is 0 Å². The van der Waals surface area contributed by atoms with Crippen LogP contribution in [0.1, 0.15) is 131 Å². The summed E-state index contributed by atoms with van der Waals surface area (Å²) >= 11 is 0. The number of ether oxygens (including phenoxy) is 1. The smallest absolute Gasteiger partial charge is 0.413 e. The fourth-order valence-corrected chi connectivity index (χ4v) is 9.66. The Morgan fingerprint density at radius 2 is 1.85 bits per heavy atom. The Kier molecular flexibility index (Phi) is 10.3. The Hall–Kier alpha value is -1.36. The molecule has 9 atom stereocenters. The summed E-state index contributed by atoms with van der Waals surface area (Å²) in [6, 6.07) is 0. The van der Waals surface area contributed by atoms with Crippen molar-refractivity contribution >= 4 is 12.0 Å². The first-order valence-corrected chi connectivity index (χ1v) is 16.4. The molecule has 5 heteroatoms. The van der Waals surface area contributed by atoms with Gasteiger partial charge in [-0.2, -0.15) is 0 Å². The summed E-state index contributed by atoms with van der Waals surface area (Å²) in [6.07, 6.45) is 18.4. The molecule has 0 aromatic carbocycles. The van der Waals surface area contributed by atoms with Gasteiger partial charge in [-0.05, 0) is 111 Å². The van der Waals surface area contributed by atoms with E-state index in [1.54, 1.807) is 5.57 Å². The highest BCUT2D eigenvalue weighted by molar-refractivity contribution is 5.91. The monoisotopic (exact) mass is 543 g/mol. The molecule has 222 valence electrons. The average Bonchev–Trinajstić information content (AvgIpc) is 3.25. The van der Waals surface area contributed by atoms with Crippen molar-refractivity contribution in [3.8, 4) is 0 Å². The number of imide groups is 1. The molecule has 2 N–H and O–H groups in total. The van der Waals surface area contributed by atoms with Crippen molar-refractivity contribution in [1.29, 1.82) is 0 Å². The second-order valence-electron chi connectivity index (χ2n) is 14.5. The predicted octanol–water partition coefficient (Wildman–Crippen LogP) is 8.20. The minimum atomic E-state index is -0.597. The molecule has 0 aliphatic heterocycles. The lowest BCUT2D eigenvalue weighted by Gasteiger charge is -2.58. The minimum Gasteiger partial charge on any atom is -0.449 e. The molecule has 0 aromatic heterocycles. The van der Waals surface area contributed by atoms with Crippen LogP contribution in [0, 0.1) is 46.3 Å². The predicted molar refractivity (Wildman–Crippen MR) is 157 cm³/mol. The Bertz CT molecular complexity index is 884. The van der Waals surface area contributed by atoms with E-state index in [1.807, 2.05) is 0 Å². The van der Waals surface area contributed by atoms with Gasteiger partial charge in [-0.1, -0.05) is 72.0 Å². The fraction of sp³-hybridized carbons (Fsp3) is 0.882. The summed E-state index contributed by atoms with van der Waals surface area (Å²) in [6.45, 7) is 12.3. The van der Waals surface area contributed by atoms with Crippen molar-refractivity contribution in [2.45, 2.75) is 137 Å². The van der Waals surface area contributed by atoms with Crippen LogP contribution in [0.25, 0.3) is 0 Å². The van der Waals surface area contributed by atoms with Gasteiger partial charge in [-0.25, -0.2) is 4.79 Å². The number of fused-ring (bicyclic) bond motifs is 5. The van der Waals surface area contributed by atoms with Crippen LogP contribution < -0.4 is 5.32 Å². The second kappa shape index (κ2) is 13.1. The minimum absolute atomic E-state index is 0.123. The maximum atomic E-state index is 12.0. The third-order valence-electron chi connectivity index (χ3n) is 11.9. The number of carbonyl (C=O) groups excluding carboxylic acids is 2. The zero-order valence-electron chi connectivity index (χ0n) is 25.6. The van der Waals surface area contributed by atoms with Gasteiger partial charge < -0.3 is 9.84 Å². The Labute approximate surface area is 238 Å². The number of aliphatic hydroxyl groups is 1. The lowest BCUT2D eigenvalue weighted by molar-refractivity contribution is -0.120. The number of hydrogen-bond donors (Lipinski definition) is 2. The summed E-state index contributed by atoms with van der Waals surface area (Å²) < 4.78 is 5.34. The topological polar surface area (TPSA) is 75.6 Å². The molecule has 39 heavy (non-hydrogen) atoms. The van der Waals surface area contributed by atoms with Crippen LogP contribution in [0.2, 0.25) is 0 Å². The van der Waals surface area contributed by atoms with Gasteiger partial charge in [0.15, 0.2) is 0 Å². The standard InChI is InChI=1S/C34H57NO4/c1-6-7-8-12-31(37)35-32(38)39-22-23(2)10-9-11-24(3)28-15-16-29-27-14-13-25-21-26(36)17-19-33(25,4)30(27)18-20-34(28,29)5/h13,23-24,26-30,36H,6-12,14-22H2,1-5H3,(H,35,37,38)/t23?,24?,26-,27-,28+,29-,30-,33-,34+/m0/s1. The van der Waals surface area contributed by atoms with Crippen molar-refractivity contribution < 1.29 is 19.4 Å². The highest BCUT2D eigenvalue weighted by Gasteiger charge is 2.59. The first-order chi connectivity index (χ1) is 18.6. The molecule has 0 radical (unpaired) electrons. The summed E-state index contributed by atoms with van der Waals surface area (Å²) in [5.74, 6) is 4.09. The highest BCUT2D eigenvalue weighted by atomic mass is 16.5. The molecule has 4 aliphatic carbocycles. The third kappa shape index (κ3) is 6.76. The van der Waals surface area contributed by atoms with Crippen LogP contribution >= 0.6 is 0 Å². The van der Waals surface area contributed by atoms with Gasteiger partial charge in [0.25, 0.3) is 0 Å². The van der Waals surface area contributed by atoms with E-state index in [1.165, 1.54) is 51.4 Å². The van der Waals surface area contributed by atoms with Gasteiger partial charge >= 0.3 is 6.09 Å². The number of nitrogens with one attached hydrogen (secondary N) is 1. The van der Waals surface area contributed by atoms with Crippen molar-refractivity contribution in [3.63, 3.8) is 0 Å². The van der Waals surface area contributed by atoms with Gasteiger partial charge in [0.05, 0.1) is 12.7 Å². The zero-order valence-corrected chi connectivity index (χ0v) is 25.6. The summed E-state index contributed by atoms with van der Waals surface area (Å²) in [5.41, 5.74) is 2.36. The molecular weight excluding hydrogens is 486 g/mol. The molecule has 0 heterocycles. The Balaban J connectivity index is 1.22. The Morgan fingerprint density at radius 1 is 1.05 bits per heavy atom. The molecule has 0 saturated heterocycles. The third-order valence-corrected chi connectivity index (χ3v) is 11.9. The SMILES string of the molecule is CCCCCC(=O)NC(=O)OCC(C)CCCC(C)[C@H]1CC[C@H]2[C@@H]3CC=C4C[C@@H](O)CC[C@]4(C)[C@H]3CC[C@]12C. The molecule has 2 amide bonds. The maximum Gasteiger partial charge on any atom is 0.413 e. The van der Waals surface area contributed by atoms with Crippen LogP contribution in [-0.4, -0.2) is 29.8 Å². The molecule has 0 aromatic rings. The van der Waals surface area contributed by atoms with Gasteiger partial charge in [0.1, 0.15) is 0 Å². The second-order valence-corrected chi connectivity index (χ2v) is 14.5. The van der Waals surface area contributed by atoms with Crippen LogP contribution in [-0.2, 0) is 9.53 Å². The molecule has 5 nitrogen and oxygen atoms in total. The van der Waals surface area contributed by atoms with Gasteiger partial charge in [0.2, 0.25) is 5.91 Å². The highest BCUT2D eigenvalue weighted by Crippen LogP contribution is 2.67. The number of carbonyl (C=O) groups is 2. The van der Waals surface area contributed by atoms with E-state index in [4.69, 9.17) is 4.74 Å². The van der Waals surface area contributed by atoms with Gasteiger partial charge in [0, 0.05) is 6.42 Å². The maximum absolute atomic E-state index is 12.0. The zero-order chi connectivity index (χ0) is 28.2. The Morgan fingerprint density at radius 3 is 2.62 bits per heavy atom.